The average Bonchev–Trinajstić information content (AvgIpc) is 2.39. The number of nitrogens with zero attached hydrogens (tertiary/aromatic N) is 1. The van der Waals surface area contributed by atoms with E-state index in [-0.39, 0.29) is 31.5 Å². The van der Waals surface area contributed by atoms with Crippen LogP contribution in [0.15, 0.2) is 5.16 Å². The van der Waals surface area contributed by atoms with Gasteiger partial charge >= 0.3 is 0 Å². The fourth-order valence-electron chi connectivity index (χ4n) is 1.72. The quantitative estimate of drug-likeness (QED) is 0.143. The zero-order valence-corrected chi connectivity index (χ0v) is 11.3. The summed E-state index contributed by atoms with van der Waals surface area (Å²) in [6, 6.07) is 0. The number of hydrogen-bond donors (Lipinski definition) is 4. The van der Waals surface area contributed by atoms with Crippen LogP contribution in [0.2, 0.25) is 0 Å². The monoisotopic (exact) mass is 274 g/mol. The number of nitrogens with one attached hydrogen (secondary N) is 1. The molecule has 0 radical (unpaired) electrons. The van der Waals surface area contributed by atoms with E-state index in [0.717, 1.165) is 0 Å². The lowest BCUT2D eigenvalue weighted by Gasteiger charge is -2.28. The van der Waals surface area contributed by atoms with E-state index in [4.69, 9.17) is 21.4 Å². The minimum Gasteiger partial charge on any atom is -0.409 e. The standard InChI is InChI=1S/C11H22N4O4/c1-3-11(4-2,9(13)15-18)10(17)14-5-6-19-7-8(12)16/h18H,3-7H2,1-2H3,(H2,12,16)(H2,13,15)(H,14,17). The molecule has 0 aromatic rings. The Labute approximate surface area is 112 Å². The molecular weight excluding hydrogens is 252 g/mol. The summed E-state index contributed by atoms with van der Waals surface area (Å²) >= 11 is 0. The van der Waals surface area contributed by atoms with Gasteiger partial charge in [0, 0.05) is 6.54 Å². The number of rotatable bonds is 9. The first kappa shape index (κ1) is 17.2. The van der Waals surface area contributed by atoms with Crippen molar-refractivity contribution < 1.29 is 19.5 Å². The lowest BCUT2D eigenvalue weighted by atomic mass is 9.80. The first-order chi connectivity index (χ1) is 8.94. The summed E-state index contributed by atoms with van der Waals surface area (Å²) in [6.45, 7) is 3.75. The van der Waals surface area contributed by atoms with Crippen LogP contribution in [0.4, 0.5) is 0 Å². The molecule has 0 unspecified atom stereocenters. The molecule has 6 N–H and O–H groups in total. The molecule has 8 heteroatoms. The highest BCUT2D eigenvalue weighted by Crippen LogP contribution is 2.26. The SMILES string of the molecule is CCC(CC)(C(=O)NCCOCC(N)=O)C(N)=NO. The number of amidine groups is 1. The Morgan fingerprint density at radius 2 is 1.89 bits per heavy atom. The Bertz CT molecular complexity index is 340. The van der Waals surface area contributed by atoms with E-state index in [9.17, 15) is 9.59 Å². The highest BCUT2D eigenvalue weighted by Gasteiger charge is 2.39. The molecule has 0 aliphatic heterocycles. The van der Waals surface area contributed by atoms with Gasteiger partial charge in [0.25, 0.3) is 0 Å². The molecule has 0 aliphatic rings. The van der Waals surface area contributed by atoms with Crippen LogP contribution >= 0.6 is 0 Å². The van der Waals surface area contributed by atoms with Crippen molar-refractivity contribution in [3.63, 3.8) is 0 Å². The second-order valence-electron chi connectivity index (χ2n) is 4.05. The maximum Gasteiger partial charge on any atom is 0.243 e. The molecule has 8 nitrogen and oxygen atoms in total. The lowest BCUT2D eigenvalue weighted by Crippen LogP contribution is -2.49. The van der Waals surface area contributed by atoms with E-state index < -0.39 is 11.3 Å². The molecule has 0 spiro atoms. The van der Waals surface area contributed by atoms with E-state index in [1.54, 1.807) is 13.8 Å². The Balaban J connectivity index is 4.39. The second-order valence-corrected chi connectivity index (χ2v) is 4.05. The smallest absolute Gasteiger partial charge is 0.243 e. The molecule has 0 saturated heterocycles. The molecular formula is C11H22N4O4. The number of primary amides is 1. The first-order valence-electron chi connectivity index (χ1n) is 6.06. The van der Waals surface area contributed by atoms with Crippen LogP contribution in [0.5, 0.6) is 0 Å². The molecule has 0 atom stereocenters. The number of carbonyl (C=O) groups is 2. The minimum absolute atomic E-state index is 0.118. The van der Waals surface area contributed by atoms with Gasteiger partial charge in [-0.25, -0.2) is 0 Å². The van der Waals surface area contributed by atoms with Crippen molar-refractivity contribution >= 4 is 17.6 Å². The fourth-order valence-corrected chi connectivity index (χ4v) is 1.72. The summed E-state index contributed by atoms with van der Waals surface area (Å²) in [5.41, 5.74) is 9.45. The summed E-state index contributed by atoms with van der Waals surface area (Å²) in [5.74, 6) is -1.03. The third-order valence-corrected chi connectivity index (χ3v) is 3.02. The van der Waals surface area contributed by atoms with Gasteiger partial charge in [0.05, 0.1) is 6.61 Å². The Morgan fingerprint density at radius 1 is 1.32 bits per heavy atom. The molecule has 0 aromatic carbocycles. The number of ether oxygens (including phenoxy) is 1. The van der Waals surface area contributed by atoms with Crippen LogP contribution in [0.3, 0.4) is 0 Å². The van der Waals surface area contributed by atoms with Crippen molar-refractivity contribution in [3.8, 4) is 0 Å². The normalized spacial score (nSPS) is 12.2. The highest BCUT2D eigenvalue weighted by molar-refractivity contribution is 6.06. The predicted molar refractivity (Wildman–Crippen MR) is 69.4 cm³/mol. The third kappa shape index (κ3) is 4.74. The van der Waals surface area contributed by atoms with E-state index >= 15 is 0 Å². The third-order valence-electron chi connectivity index (χ3n) is 3.02. The Morgan fingerprint density at radius 3 is 2.32 bits per heavy atom. The molecule has 0 fully saturated rings. The topological polar surface area (TPSA) is 140 Å². The first-order valence-corrected chi connectivity index (χ1v) is 6.06. The maximum atomic E-state index is 12.1. The lowest BCUT2D eigenvalue weighted by molar-refractivity contribution is -0.128. The van der Waals surface area contributed by atoms with E-state index in [0.29, 0.717) is 12.8 Å². The molecule has 0 heterocycles. The van der Waals surface area contributed by atoms with Gasteiger partial charge < -0.3 is 26.7 Å². The average molecular weight is 274 g/mol. The Kier molecular flexibility index (Phi) is 7.50. The fraction of sp³-hybridized carbons (Fsp3) is 0.727. The summed E-state index contributed by atoms with van der Waals surface area (Å²) in [7, 11) is 0. The van der Waals surface area contributed by atoms with Crippen LogP contribution in [-0.2, 0) is 14.3 Å². The molecule has 110 valence electrons. The van der Waals surface area contributed by atoms with Gasteiger partial charge in [0.15, 0.2) is 5.84 Å². The number of hydrogen-bond acceptors (Lipinski definition) is 5. The largest absolute Gasteiger partial charge is 0.409 e. The van der Waals surface area contributed by atoms with E-state index in [1.807, 2.05) is 0 Å². The number of carbonyl (C=O) groups excluding carboxylic acids is 2. The highest BCUT2D eigenvalue weighted by atomic mass is 16.5. The predicted octanol–water partition coefficient (Wildman–Crippen LogP) is -0.843. The van der Waals surface area contributed by atoms with Crippen molar-refractivity contribution in [2.24, 2.45) is 22.0 Å². The zero-order chi connectivity index (χ0) is 14.9. The zero-order valence-electron chi connectivity index (χ0n) is 11.3. The summed E-state index contributed by atoms with van der Waals surface area (Å²) in [4.78, 5) is 22.5. The van der Waals surface area contributed by atoms with Gasteiger partial charge in [-0.2, -0.15) is 0 Å². The van der Waals surface area contributed by atoms with Crippen molar-refractivity contribution in [2.75, 3.05) is 19.8 Å². The summed E-state index contributed by atoms with van der Waals surface area (Å²) < 4.78 is 4.91. The summed E-state index contributed by atoms with van der Waals surface area (Å²) in [5, 5.41) is 14.3. The van der Waals surface area contributed by atoms with Crippen LogP contribution in [0, 0.1) is 5.41 Å². The molecule has 0 aliphatic carbocycles. The van der Waals surface area contributed by atoms with Gasteiger partial charge in [-0.3, -0.25) is 9.59 Å². The van der Waals surface area contributed by atoms with E-state index in [1.165, 1.54) is 0 Å². The number of nitrogens with two attached hydrogens (primary N) is 2. The molecule has 0 aromatic heterocycles. The maximum absolute atomic E-state index is 12.1. The van der Waals surface area contributed by atoms with E-state index in [2.05, 4.69) is 10.5 Å². The molecule has 0 saturated carbocycles. The van der Waals surface area contributed by atoms with Crippen LogP contribution < -0.4 is 16.8 Å². The molecule has 0 rings (SSSR count). The van der Waals surface area contributed by atoms with Crippen LogP contribution in [0.25, 0.3) is 0 Å². The summed E-state index contributed by atoms with van der Waals surface area (Å²) in [6.07, 6.45) is 0.820. The van der Waals surface area contributed by atoms with Gasteiger partial charge in [-0.05, 0) is 12.8 Å². The van der Waals surface area contributed by atoms with Crippen LogP contribution in [0.1, 0.15) is 26.7 Å². The van der Waals surface area contributed by atoms with Gasteiger partial charge in [0.1, 0.15) is 12.0 Å². The van der Waals surface area contributed by atoms with Crippen molar-refractivity contribution in [1.29, 1.82) is 0 Å². The molecule has 0 bridgehead atoms. The number of amides is 2. The van der Waals surface area contributed by atoms with Crippen molar-refractivity contribution in [1.82, 2.24) is 5.32 Å². The minimum atomic E-state index is -1.03. The van der Waals surface area contributed by atoms with Gasteiger partial charge in [-0.1, -0.05) is 19.0 Å². The van der Waals surface area contributed by atoms with Gasteiger partial charge in [-0.15, -0.1) is 0 Å². The second kappa shape index (κ2) is 8.30. The molecule has 19 heavy (non-hydrogen) atoms. The molecule has 2 amide bonds. The van der Waals surface area contributed by atoms with Gasteiger partial charge in [0.2, 0.25) is 11.8 Å². The van der Waals surface area contributed by atoms with Crippen molar-refractivity contribution in [3.05, 3.63) is 0 Å². The van der Waals surface area contributed by atoms with Crippen molar-refractivity contribution in [2.45, 2.75) is 26.7 Å². The number of oxime groups is 1. The van der Waals surface area contributed by atoms with Crippen LogP contribution in [-0.4, -0.2) is 42.6 Å². The Hall–Kier alpha value is -1.83.